The minimum Gasteiger partial charge on any atom is -0.497 e. The summed E-state index contributed by atoms with van der Waals surface area (Å²) in [6.07, 6.45) is 1.33. The van der Waals surface area contributed by atoms with Gasteiger partial charge in [-0.1, -0.05) is 0 Å². The molecule has 9 heteroatoms. The number of hydrogen-bond donors (Lipinski definition) is 1. The van der Waals surface area contributed by atoms with Crippen molar-refractivity contribution in [3.05, 3.63) is 40.2 Å². The van der Waals surface area contributed by atoms with Crippen LogP contribution in [0, 0.1) is 5.92 Å². The maximum absolute atomic E-state index is 12.8. The quantitative estimate of drug-likeness (QED) is 0.742. The Morgan fingerprint density at radius 2 is 2.00 bits per heavy atom. The van der Waals surface area contributed by atoms with Gasteiger partial charge in [0.2, 0.25) is 5.91 Å². The minimum atomic E-state index is -3.56. The molecule has 0 spiro atoms. The zero-order chi connectivity index (χ0) is 18.7. The fourth-order valence-corrected chi connectivity index (χ4v) is 6.55. The van der Waals surface area contributed by atoms with Crippen molar-refractivity contribution in [3.63, 3.8) is 0 Å². The third-order valence-corrected chi connectivity index (χ3v) is 8.21. The molecule has 1 atom stereocenters. The molecule has 1 aliphatic heterocycles. The Kier molecular flexibility index (Phi) is 6.01. The van der Waals surface area contributed by atoms with Crippen molar-refractivity contribution in [3.8, 4) is 5.75 Å². The topological polar surface area (TPSA) is 75.7 Å². The number of piperidine rings is 1. The van der Waals surface area contributed by atoms with Gasteiger partial charge in [0.1, 0.15) is 9.96 Å². The van der Waals surface area contributed by atoms with Crippen molar-refractivity contribution in [2.45, 2.75) is 17.1 Å². The number of methoxy groups -OCH3 is 1. The van der Waals surface area contributed by atoms with Gasteiger partial charge in [-0.2, -0.15) is 4.31 Å². The van der Waals surface area contributed by atoms with Gasteiger partial charge in [0.25, 0.3) is 10.0 Å². The SMILES string of the molecule is COc1ccc(NC(=O)[C@H]2CCCN(S(=O)(=O)c3ccc(Br)s3)C2)cc1. The second-order valence-electron chi connectivity index (χ2n) is 5.98. The molecular formula is C17H19BrN2O4S2. The largest absolute Gasteiger partial charge is 0.497 e. The van der Waals surface area contributed by atoms with E-state index in [4.69, 9.17) is 4.74 Å². The molecule has 0 unspecified atom stereocenters. The van der Waals surface area contributed by atoms with E-state index in [2.05, 4.69) is 21.2 Å². The minimum absolute atomic E-state index is 0.164. The number of nitrogens with one attached hydrogen (secondary N) is 1. The third kappa shape index (κ3) is 4.28. The lowest BCUT2D eigenvalue weighted by Gasteiger charge is -2.30. The van der Waals surface area contributed by atoms with Gasteiger partial charge < -0.3 is 10.1 Å². The van der Waals surface area contributed by atoms with Crippen LogP contribution in [0.5, 0.6) is 5.75 Å². The summed E-state index contributed by atoms with van der Waals surface area (Å²) in [7, 11) is -1.98. The lowest BCUT2D eigenvalue weighted by Crippen LogP contribution is -2.43. The Bertz CT molecular complexity index is 880. The lowest BCUT2D eigenvalue weighted by molar-refractivity contribution is -0.120. The molecule has 0 saturated carbocycles. The normalized spacial score (nSPS) is 18.5. The van der Waals surface area contributed by atoms with Gasteiger partial charge in [0.05, 0.1) is 16.8 Å². The molecule has 0 bridgehead atoms. The maximum Gasteiger partial charge on any atom is 0.252 e. The van der Waals surface area contributed by atoms with Crippen LogP contribution in [0.4, 0.5) is 5.69 Å². The van der Waals surface area contributed by atoms with Crippen LogP contribution in [-0.2, 0) is 14.8 Å². The Morgan fingerprint density at radius 1 is 1.27 bits per heavy atom. The maximum atomic E-state index is 12.8. The fourth-order valence-electron chi connectivity index (χ4n) is 2.86. The molecule has 1 N–H and O–H groups in total. The van der Waals surface area contributed by atoms with Crippen molar-refractivity contribution in [2.24, 2.45) is 5.92 Å². The van der Waals surface area contributed by atoms with Gasteiger partial charge in [0.15, 0.2) is 0 Å². The van der Waals surface area contributed by atoms with Crippen LogP contribution < -0.4 is 10.1 Å². The molecule has 3 rings (SSSR count). The van der Waals surface area contributed by atoms with Crippen LogP contribution in [0.25, 0.3) is 0 Å². The van der Waals surface area contributed by atoms with E-state index in [0.717, 1.165) is 3.79 Å². The molecule has 26 heavy (non-hydrogen) atoms. The van der Waals surface area contributed by atoms with E-state index in [-0.39, 0.29) is 18.4 Å². The number of halogens is 1. The van der Waals surface area contributed by atoms with E-state index < -0.39 is 10.0 Å². The van der Waals surface area contributed by atoms with Crippen LogP contribution >= 0.6 is 27.3 Å². The predicted molar refractivity (Wildman–Crippen MR) is 105 cm³/mol. The monoisotopic (exact) mass is 458 g/mol. The summed E-state index contributed by atoms with van der Waals surface area (Å²) in [6, 6.07) is 10.4. The number of amides is 1. The molecule has 0 radical (unpaired) electrons. The first-order valence-electron chi connectivity index (χ1n) is 8.10. The van der Waals surface area contributed by atoms with Gasteiger partial charge in [-0.25, -0.2) is 8.42 Å². The average molecular weight is 459 g/mol. The van der Waals surface area contributed by atoms with Crippen LogP contribution in [0.15, 0.2) is 44.4 Å². The number of benzene rings is 1. The first kappa shape index (κ1) is 19.3. The van der Waals surface area contributed by atoms with Crippen LogP contribution in [0.2, 0.25) is 0 Å². The molecule has 1 aromatic heterocycles. The standard InChI is InChI=1S/C17H19BrN2O4S2/c1-24-14-6-4-13(5-7-14)19-17(21)12-3-2-10-20(11-12)26(22,23)16-9-8-15(18)25-16/h4-9,12H,2-3,10-11H2,1H3,(H,19,21)/t12-/m0/s1. The molecule has 1 aromatic carbocycles. The first-order chi connectivity index (χ1) is 12.4. The third-order valence-electron chi connectivity index (χ3n) is 4.26. The molecule has 0 aliphatic carbocycles. The number of carbonyl (C=O) groups excluding carboxylic acids is 1. The molecule has 1 saturated heterocycles. The average Bonchev–Trinajstić information content (AvgIpc) is 3.10. The Balaban J connectivity index is 1.68. The number of ether oxygens (including phenoxy) is 1. The van der Waals surface area contributed by atoms with Gasteiger partial charge in [0, 0.05) is 18.8 Å². The van der Waals surface area contributed by atoms with Gasteiger partial charge in [-0.15, -0.1) is 11.3 Å². The molecule has 1 fully saturated rings. The number of hydrogen-bond acceptors (Lipinski definition) is 5. The Labute approximate surface area is 165 Å². The predicted octanol–water partition coefficient (Wildman–Crippen LogP) is 3.56. The highest BCUT2D eigenvalue weighted by atomic mass is 79.9. The second kappa shape index (κ2) is 8.08. The zero-order valence-corrected chi connectivity index (χ0v) is 17.4. The highest BCUT2D eigenvalue weighted by Gasteiger charge is 2.34. The number of thiophene rings is 1. The molecule has 2 heterocycles. The summed E-state index contributed by atoms with van der Waals surface area (Å²) < 4.78 is 33.1. The van der Waals surface area contributed by atoms with Crippen molar-refractivity contribution >= 4 is 48.9 Å². The van der Waals surface area contributed by atoms with Crippen molar-refractivity contribution in [1.82, 2.24) is 4.31 Å². The summed E-state index contributed by atoms with van der Waals surface area (Å²) in [5, 5.41) is 2.86. The summed E-state index contributed by atoms with van der Waals surface area (Å²) in [5.74, 6) is 0.173. The summed E-state index contributed by atoms with van der Waals surface area (Å²) >= 11 is 4.47. The molecular weight excluding hydrogens is 440 g/mol. The van der Waals surface area contributed by atoms with Crippen molar-refractivity contribution < 1.29 is 17.9 Å². The van der Waals surface area contributed by atoms with E-state index in [1.807, 2.05) is 0 Å². The van der Waals surface area contributed by atoms with E-state index in [1.165, 1.54) is 15.6 Å². The van der Waals surface area contributed by atoms with Crippen LogP contribution in [-0.4, -0.2) is 38.8 Å². The molecule has 2 aromatic rings. The van der Waals surface area contributed by atoms with E-state index >= 15 is 0 Å². The van der Waals surface area contributed by atoms with Crippen molar-refractivity contribution in [2.75, 3.05) is 25.5 Å². The molecule has 140 valence electrons. The van der Waals surface area contributed by atoms with Crippen LogP contribution in [0.3, 0.4) is 0 Å². The van der Waals surface area contributed by atoms with E-state index in [1.54, 1.807) is 43.5 Å². The number of rotatable bonds is 5. The number of carbonyl (C=O) groups is 1. The number of anilines is 1. The number of nitrogens with zero attached hydrogens (tertiary/aromatic N) is 1. The summed E-state index contributed by atoms with van der Waals surface area (Å²) in [4.78, 5) is 12.6. The van der Waals surface area contributed by atoms with Gasteiger partial charge in [-0.3, -0.25) is 4.79 Å². The molecule has 6 nitrogen and oxygen atoms in total. The smallest absolute Gasteiger partial charge is 0.252 e. The highest BCUT2D eigenvalue weighted by Crippen LogP contribution is 2.31. The van der Waals surface area contributed by atoms with Crippen LogP contribution in [0.1, 0.15) is 12.8 Å². The lowest BCUT2D eigenvalue weighted by atomic mass is 9.99. The Hall–Kier alpha value is -1.42. The zero-order valence-electron chi connectivity index (χ0n) is 14.1. The molecule has 1 aliphatic rings. The van der Waals surface area contributed by atoms with Gasteiger partial charge >= 0.3 is 0 Å². The van der Waals surface area contributed by atoms with E-state index in [0.29, 0.717) is 35.0 Å². The fraction of sp³-hybridized carbons (Fsp3) is 0.353. The van der Waals surface area contributed by atoms with Crippen molar-refractivity contribution in [1.29, 1.82) is 0 Å². The second-order valence-corrected chi connectivity index (χ2v) is 10.6. The molecule has 1 amide bonds. The number of sulfonamides is 1. The van der Waals surface area contributed by atoms with Gasteiger partial charge in [-0.05, 0) is 65.2 Å². The van der Waals surface area contributed by atoms with E-state index in [9.17, 15) is 13.2 Å². The Morgan fingerprint density at radius 3 is 2.62 bits per heavy atom. The summed E-state index contributed by atoms with van der Waals surface area (Å²) in [5.41, 5.74) is 0.665. The summed E-state index contributed by atoms with van der Waals surface area (Å²) in [6.45, 7) is 0.629. The first-order valence-corrected chi connectivity index (χ1v) is 11.2. The highest BCUT2D eigenvalue weighted by molar-refractivity contribution is 9.11.